The first-order valence-corrected chi connectivity index (χ1v) is 6.24. The molecule has 0 fully saturated rings. The monoisotopic (exact) mass is 275 g/mol. The van der Waals surface area contributed by atoms with Gasteiger partial charge in [-0.05, 0) is 38.0 Å². The van der Waals surface area contributed by atoms with Crippen molar-refractivity contribution in [2.75, 3.05) is 13.7 Å². The summed E-state index contributed by atoms with van der Waals surface area (Å²) in [5.74, 6) is -1.13. The van der Waals surface area contributed by atoms with Crippen molar-refractivity contribution < 1.29 is 19.1 Å². The predicted octanol–water partition coefficient (Wildman–Crippen LogP) is 2.56. The van der Waals surface area contributed by atoms with Gasteiger partial charge in [-0.15, -0.1) is 0 Å². The molecule has 0 spiro atoms. The Kier molecular flexibility index (Phi) is 5.73. The van der Waals surface area contributed by atoms with E-state index in [1.54, 1.807) is 25.1 Å². The summed E-state index contributed by atoms with van der Waals surface area (Å²) >= 11 is 0. The third-order valence-electron chi connectivity index (χ3n) is 2.88. The van der Waals surface area contributed by atoms with E-state index in [9.17, 15) is 9.59 Å². The van der Waals surface area contributed by atoms with E-state index in [1.165, 1.54) is 14.0 Å². The van der Waals surface area contributed by atoms with Crippen molar-refractivity contribution in [2.24, 2.45) is 5.92 Å². The summed E-state index contributed by atoms with van der Waals surface area (Å²) < 4.78 is 10.1. The quantitative estimate of drug-likeness (QED) is 0.455. The second-order valence-electron chi connectivity index (χ2n) is 4.23. The first-order valence-electron chi connectivity index (χ1n) is 6.24. The molecule has 1 aromatic rings. The summed E-state index contributed by atoms with van der Waals surface area (Å²) in [5.41, 5.74) is 1.08. The fourth-order valence-electron chi connectivity index (χ4n) is 1.85. The number of methoxy groups -OCH3 is 1. The Hall–Kier alpha value is -2.35. The van der Waals surface area contributed by atoms with Crippen molar-refractivity contribution >= 4 is 17.4 Å². The number of hydrogen-bond acceptors (Lipinski definition) is 4. The number of Topliss-reactive ketones (excluding diaryl/α,β-unsaturated/α-hetero) is 1. The summed E-state index contributed by atoms with van der Waals surface area (Å²) in [6.07, 6.45) is 0.167. The first kappa shape index (κ1) is 15.7. The molecule has 20 heavy (non-hydrogen) atoms. The van der Waals surface area contributed by atoms with E-state index >= 15 is 0 Å². The minimum Gasteiger partial charge on any atom is -0.497 e. The van der Waals surface area contributed by atoms with Crippen LogP contribution in [0.15, 0.2) is 18.2 Å². The molecule has 0 bridgehead atoms. The normalized spacial score (nSPS) is 11.3. The molecule has 0 amide bonds. The molecule has 1 unspecified atom stereocenters. The van der Waals surface area contributed by atoms with Gasteiger partial charge in [0.25, 0.3) is 0 Å². The van der Waals surface area contributed by atoms with E-state index in [0.717, 1.165) is 0 Å². The Morgan fingerprint density at radius 2 is 2.10 bits per heavy atom. The van der Waals surface area contributed by atoms with Gasteiger partial charge >= 0.3 is 5.97 Å². The van der Waals surface area contributed by atoms with Crippen LogP contribution in [-0.4, -0.2) is 25.5 Å². The Morgan fingerprint density at radius 1 is 1.40 bits per heavy atom. The molecular formula is C15H17NO4. The van der Waals surface area contributed by atoms with Crippen molar-refractivity contribution in [3.63, 3.8) is 0 Å². The van der Waals surface area contributed by atoms with E-state index in [1.807, 2.05) is 0 Å². The van der Waals surface area contributed by atoms with Gasteiger partial charge in [0.2, 0.25) is 0 Å². The molecule has 0 aliphatic heterocycles. The molecule has 5 nitrogen and oxygen atoms in total. The molecule has 0 radical (unpaired) electrons. The van der Waals surface area contributed by atoms with Gasteiger partial charge in [-0.1, -0.05) is 6.07 Å². The fourth-order valence-corrected chi connectivity index (χ4v) is 1.85. The van der Waals surface area contributed by atoms with Crippen LogP contribution in [0.25, 0.3) is 4.85 Å². The Labute approximate surface area is 118 Å². The number of carbonyl (C=O) groups is 2. The molecule has 0 aliphatic rings. The van der Waals surface area contributed by atoms with Gasteiger partial charge in [0, 0.05) is 0 Å². The van der Waals surface area contributed by atoms with Crippen molar-refractivity contribution in [3.05, 3.63) is 35.2 Å². The zero-order chi connectivity index (χ0) is 15.1. The molecule has 0 heterocycles. The topological polar surface area (TPSA) is 57.0 Å². The highest BCUT2D eigenvalue weighted by Crippen LogP contribution is 2.27. The highest BCUT2D eigenvalue weighted by molar-refractivity contribution is 5.98. The van der Waals surface area contributed by atoms with Crippen molar-refractivity contribution in [2.45, 2.75) is 20.3 Å². The number of nitrogens with zero attached hydrogens (tertiary/aromatic N) is 1. The van der Waals surface area contributed by atoms with Crippen LogP contribution in [0.3, 0.4) is 0 Å². The highest BCUT2D eigenvalue weighted by atomic mass is 16.5. The lowest BCUT2D eigenvalue weighted by molar-refractivity contribution is -0.151. The first-order chi connectivity index (χ1) is 9.53. The third kappa shape index (κ3) is 3.82. The molecular weight excluding hydrogens is 258 g/mol. The maximum absolute atomic E-state index is 11.8. The zero-order valence-corrected chi connectivity index (χ0v) is 11.8. The van der Waals surface area contributed by atoms with E-state index in [2.05, 4.69) is 4.85 Å². The van der Waals surface area contributed by atoms with Gasteiger partial charge in [0.15, 0.2) is 5.69 Å². The zero-order valence-electron chi connectivity index (χ0n) is 11.8. The summed E-state index contributed by atoms with van der Waals surface area (Å²) in [6, 6.07) is 4.91. The van der Waals surface area contributed by atoms with Crippen LogP contribution in [0.2, 0.25) is 0 Å². The number of ether oxygens (including phenoxy) is 2. The van der Waals surface area contributed by atoms with Crippen LogP contribution in [0, 0.1) is 12.5 Å². The van der Waals surface area contributed by atoms with Gasteiger partial charge in [0.1, 0.15) is 17.5 Å². The summed E-state index contributed by atoms with van der Waals surface area (Å²) in [7, 11) is 1.50. The van der Waals surface area contributed by atoms with E-state index in [0.29, 0.717) is 17.0 Å². The molecule has 0 aliphatic carbocycles. The van der Waals surface area contributed by atoms with Crippen LogP contribution in [0.4, 0.5) is 5.69 Å². The van der Waals surface area contributed by atoms with Crippen molar-refractivity contribution in [1.29, 1.82) is 0 Å². The van der Waals surface area contributed by atoms with Crippen LogP contribution in [0.1, 0.15) is 19.4 Å². The number of esters is 1. The van der Waals surface area contributed by atoms with E-state index in [-0.39, 0.29) is 18.8 Å². The smallest absolute Gasteiger partial charge is 0.316 e. The number of benzene rings is 1. The maximum Gasteiger partial charge on any atom is 0.316 e. The number of ketones is 1. The van der Waals surface area contributed by atoms with Gasteiger partial charge in [0.05, 0.1) is 20.3 Å². The highest BCUT2D eigenvalue weighted by Gasteiger charge is 2.26. The summed E-state index contributed by atoms with van der Waals surface area (Å²) in [5, 5.41) is 0. The van der Waals surface area contributed by atoms with Gasteiger partial charge in [-0.2, -0.15) is 0 Å². The Morgan fingerprint density at radius 3 is 2.60 bits per heavy atom. The van der Waals surface area contributed by atoms with Crippen LogP contribution in [-0.2, 0) is 20.7 Å². The van der Waals surface area contributed by atoms with Gasteiger partial charge in [-0.3, -0.25) is 9.59 Å². The minimum atomic E-state index is -0.871. The van der Waals surface area contributed by atoms with E-state index < -0.39 is 11.9 Å². The second-order valence-corrected chi connectivity index (χ2v) is 4.23. The lowest BCUT2D eigenvalue weighted by Crippen LogP contribution is -2.26. The van der Waals surface area contributed by atoms with Crippen LogP contribution in [0.5, 0.6) is 5.75 Å². The maximum atomic E-state index is 11.8. The number of rotatable bonds is 6. The number of carbonyl (C=O) groups excluding carboxylic acids is 2. The van der Waals surface area contributed by atoms with Crippen LogP contribution < -0.4 is 4.74 Å². The molecule has 0 aromatic heterocycles. The standard InChI is InChI=1S/C15H17NO4/c1-5-20-15(18)13(10(2)17)9-11-8-12(16-3)6-7-14(11)19-4/h6-8,13H,5,9H2,1-2,4H3. The molecule has 0 N–H and O–H groups in total. The van der Waals surface area contributed by atoms with Crippen molar-refractivity contribution in [1.82, 2.24) is 0 Å². The molecule has 0 saturated carbocycles. The Bertz CT molecular complexity index is 545. The molecule has 1 atom stereocenters. The fraction of sp³-hybridized carbons (Fsp3) is 0.400. The SMILES string of the molecule is [C-]#[N+]c1ccc(OC)c(CC(C(C)=O)C(=O)OCC)c1. The average Bonchev–Trinajstić information content (AvgIpc) is 2.44. The second kappa shape index (κ2) is 7.29. The summed E-state index contributed by atoms with van der Waals surface area (Å²) in [4.78, 5) is 26.7. The van der Waals surface area contributed by atoms with Crippen molar-refractivity contribution in [3.8, 4) is 5.75 Å². The lowest BCUT2D eigenvalue weighted by atomic mass is 9.95. The third-order valence-corrected chi connectivity index (χ3v) is 2.88. The Balaban J connectivity index is 3.07. The molecule has 1 rings (SSSR count). The molecule has 0 saturated heterocycles. The van der Waals surface area contributed by atoms with Gasteiger partial charge < -0.3 is 9.47 Å². The number of hydrogen-bond donors (Lipinski definition) is 0. The minimum absolute atomic E-state index is 0.167. The predicted molar refractivity (Wildman–Crippen MR) is 73.8 cm³/mol. The molecule has 106 valence electrons. The molecule has 1 aromatic carbocycles. The lowest BCUT2D eigenvalue weighted by Gasteiger charge is -2.15. The van der Waals surface area contributed by atoms with Crippen LogP contribution >= 0.6 is 0 Å². The van der Waals surface area contributed by atoms with E-state index in [4.69, 9.17) is 16.0 Å². The summed E-state index contributed by atoms with van der Waals surface area (Å²) in [6.45, 7) is 10.3. The average molecular weight is 275 g/mol. The molecule has 5 heteroatoms. The largest absolute Gasteiger partial charge is 0.497 e. The van der Waals surface area contributed by atoms with Gasteiger partial charge in [-0.25, -0.2) is 4.85 Å².